The molecule has 0 atom stereocenters. The molecule has 268 valence electrons. The fraction of sp³-hybridized carbons (Fsp3) is 0.0189. The quantitative estimate of drug-likeness (QED) is 0.125. The zero-order valence-corrected chi connectivity index (χ0v) is 32.1. The van der Waals surface area contributed by atoms with E-state index >= 15 is 0 Å². The van der Waals surface area contributed by atoms with E-state index in [0.29, 0.717) is 5.82 Å². The number of nitrogens with zero attached hydrogens (tertiary/aromatic N) is 3. The second kappa shape index (κ2) is 13.3. The highest BCUT2D eigenvalue weighted by Gasteiger charge is 2.24. The Morgan fingerprint density at radius 2 is 1.14 bits per heavy atom. The molecule has 0 radical (unpaired) electrons. The standard InChI is InChI=1S/C53H35N3S/c1-3-5-17-33(4-2)44-32-45(34-18-7-6-8-19-34)55-53(54-44)35-28-30-36(31-29-35)56-46-27-16-15-26-43(46)47-40-23-12-14-25-42(40)52-49(50(47)56)48-39-22-11-9-20-37(39)38-21-10-13-24-41(38)51(48)57-52/h3-32H,2H2,1H3/b5-3-,33-17+. The molecule has 11 rings (SSSR count). The summed E-state index contributed by atoms with van der Waals surface area (Å²) in [4.78, 5) is 10.2. The Hall–Kier alpha value is -7.14. The number of aromatic nitrogens is 3. The first-order valence-electron chi connectivity index (χ1n) is 19.3. The molecular weight excluding hydrogens is 711 g/mol. The average Bonchev–Trinajstić information content (AvgIpc) is 3.85. The molecule has 0 fully saturated rings. The Morgan fingerprint density at radius 3 is 1.84 bits per heavy atom. The third kappa shape index (κ3) is 5.11. The molecule has 0 amide bonds. The molecule has 0 unspecified atom stereocenters. The van der Waals surface area contributed by atoms with Crippen molar-refractivity contribution in [3.63, 3.8) is 0 Å². The van der Waals surface area contributed by atoms with Crippen LogP contribution >= 0.6 is 11.3 Å². The van der Waals surface area contributed by atoms with Crippen molar-refractivity contribution in [2.75, 3.05) is 0 Å². The molecule has 0 bridgehead atoms. The Kier molecular flexibility index (Phi) is 7.73. The van der Waals surface area contributed by atoms with Crippen molar-refractivity contribution in [1.82, 2.24) is 14.5 Å². The van der Waals surface area contributed by atoms with Crippen LogP contribution in [0, 0.1) is 0 Å². The Morgan fingerprint density at radius 1 is 0.561 bits per heavy atom. The second-order valence-electron chi connectivity index (χ2n) is 14.5. The molecule has 3 aromatic heterocycles. The lowest BCUT2D eigenvalue weighted by Gasteiger charge is -2.13. The highest BCUT2D eigenvalue weighted by Crippen LogP contribution is 2.51. The minimum absolute atomic E-state index is 0.670. The van der Waals surface area contributed by atoms with Crippen LogP contribution in [0.3, 0.4) is 0 Å². The summed E-state index contributed by atoms with van der Waals surface area (Å²) in [5.74, 6) is 0.670. The molecule has 3 heterocycles. The second-order valence-corrected chi connectivity index (χ2v) is 15.5. The molecular formula is C53H35N3S. The molecule has 57 heavy (non-hydrogen) atoms. The van der Waals surface area contributed by atoms with Gasteiger partial charge in [-0.05, 0) is 70.4 Å². The van der Waals surface area contributed by atoms with E-state index in [1.165, 1.54) is 74.3 Å². The van der Waals surface area contributed by atoms with Gasteiger partial charge in [0, 0.05) is 58.5 Å². The number of fused-ring (bicyclic) bond motifs is 15. The van der Waals surface area contributed by atoms with Crippen molar-refractivity contribution in [1.29, 1.82) is 0 Å². The van der Waals surface area contributed by atoms with Crippen LogP contribution in [0.4, 0.5) is 0 Å². The van der Waals surface area contributed by atoms with Crippen molar-refractivity contribution in [3.05, 3.63) is 194 Å². The number of thiophene rings is 1. The van der Waals surface area contributed by atoms with Gasteiger partial charge in [-0.2, -0.15) is 0 Å². The SMILES string of the molecule is C=C/C(=C\C=C/C)c1cc(-c2ccccc2)nc(-c2ccc(-n3c4ccccc4c4c5ccccc5c5sc6c7ccccc7c7ccccc7c6c5c43)cc2)n1. The Balaban J connectivity index is 1.21. The van der Waals surface area contributed by atoms with Gasteiger partial charge in [-0.1, -0.05) is 152 Å². The van der Waals surface area contributed by atoms with Crippen molar-refractivity contribution >= 4 is 91.2 Å². The van der Waals surface area contributed by atoms with Gasteiger partial charge in [-0.25, -0.2) is 9.97 Å². The molecule has 0 aliphatic heterocycles. The van der Waals surface area contributed by atoms with Gasteiger partial charge >= 0.3 is 0 Å². The van der Waals surface area contributed by atoms with Crippen molar-refractivity contribution in [2.24, 2.45) is 0 Å². The molecule has 4 heteroatoms. The zero-order chi connectivity index (χ0) is 38.0. The lowest BCUT2D eigenvalue weighted by atomic mass is 9.94. The molecule has 3 nitrogen and oxygen atoms in total. The first-order chi connectivity index (χ1) is 28.2. The van der Waals surface area contributed by atoms with Crippen molar-refractivity contribution in [3.8, 4) is 28.3 Å². The number of hydrogen-bond acceptors (Lipinski definition) is 3. The first-order valence-corrected chi connectivity index (χ1v) is 20.1. The van der Waals surface area contributed by atoms with Gasteiger partial charge in [0.2, 0.25) is 0 Å². The maximum atomic E-state index is 5.12. The number of para-hydroxylation sites is 1. The van der Waals surface area contributed by atoms with E-state index in [1.807, 2.05) is 60.8 Å². The number of rotatable bonds is 6. The van der Waals surface area contributed by atoms with Gasteiger partial charge in [0.25, 0.3) is 0 Å². The normalized spacial score (nSPS) is 12.4. The summed E-state index contributed by atoms with van der Waals surface area (Å²) in [6.07, 6.45) is 7.93. The Labute approximate surface area is 333 Å². The average molecular weight is 746 g/mol. The van der Waals surface area contributed by atoms with Crippen LogP contribution in [0.5, 0.6) is 0 Å². The molecule has 0 spiro atoms. The summed E-state index contributed by atoms with van der Waals surface area (Å²) < 4.78 is 5.14. The fourth-order valence-corrected chi connectivity index (χ4v) is 10.2. The van der Waals surface area contributed by atoms with Gasteiger partial charge in [0.15, 0.2) is 5.82 Å². The van der Waals surface area contributed by atoms with E-state index in [2.05, 4.69) is 151 Å². The fourth-order valence-electron chi connectivity index (χ4n) is 8.76. The summed E-state index contributed by atoms with van der Waals surface area (Å²) in [6.45, 7) is 6.12. The number of hydrogen-bond donors (Lipinski definition) is 0. The zero-order valence-electron chi connectivity index (χ0n) is 31.3. The number of allylic oxidation sites excluding steroid dienone is 5. The summed E-state index contributed by atoms with van der Waals surface area (Å²) in [5, 5.41) is 12.9. The maximum absolute atomic E-state index is 5.12. The van der Waals surface area contributed by atoms with Gasteiger partial charge in [0.1, 0.15) is 0 Å². The maximum Gasteiger partial charge on any atom is 0.160 e. The van der Waals surface area contributed by atoms with Crippen LogP contribution in [-0.2, 0) is 0 Å². The smallest absolute Gasteiger partial charge is 0.160 e. The van der Waals surface area contributed by atoms with E-state index in [4.69, 9.17) is 9.97 Å². The predicted molar refractivity (Wildman–Crippen MR) is 246 cm³/mol. The van der Waals surface area contributed by atoms with Crippen LogP contribution in [0.2, 0.25) is 0 Å². The van der Waals surface area contributed by atoms with E-state index in [1.54, 1.807) is 0 Å². The predicted octanol–water partition coefficient (Wildman–Crippen LogP) is 14.9. The lowest BCUT2D eigenvalue weighted by molar-refractivity contribution is 1.15. The van der Waals surface area contributed by atoms with E-state index in [9.17, 15) is 0 Å². The molecule has 0 N–H and O–H groups in total. The van der Waals surface area contributed by atoms with E-state index in [-0.39, 0.29) is 0 Å². The summed E-state index contributed by atoms with van der Waals surface area (Å²) >= 11 is 1.93. The van der Waals surface area contributed by atoms with Crippen molar-refractivity contribution < 1.29 is 0 Å². The molecule has 0 saturated heterocycles. The summed E-state index contributed by atoms with van der Waals surface area (Å²) in [6, 6.07) is 56.8. The topological polar surface area (TPSA) is 30.7 Å². The molecule has 8 aromatic carbocycles. The van der Waals surface area contributed by atoms with Gasteiger partial charge in [-0.3, -0.25) is 0 Å². The molecule has 0 aliphatic carbocycles. The van der Waals surface area contributed by atoms with Crippen LogP contribution in [0.1, 0.15) is 12.6 Å². The van der Waals surface area contributed by atoms with Crippen LogP contribution < -0.4 is 0 Å². The summed E-state index contributed by atoms with van der Waals surface area (Å²) in [5.41, 5.74) is 8.13. The highest BCUT2D eigenvalue weighted by atomic mass is 32.1. The number of benzene rings is 8. The van der Waals surface area contributed by atoms with Crippen LogP contribution in [-0.4, -0.2) is 14.5 Å². The molecule has 0 saturated carbocycles. The largest absolute Gasteiger partial charge is 0.309 e. The third-order valence-electron chi connectivity index (χ3n) is 11.3. The van der Waals surface area contributed by atoms with E-state index < -0.39 is 0 Å². The minimum atomic E-state index is 0.670. The van der Waals surface area contributed by atoms with Crippen molar-refractivity contribution in [2.45, 2.75) is 6.92 Å². The summed E-state index contributed by atoms with van der Waals surface area (Å²) in [7, 11) is 0. The first kappa shape index (κ1) is 33.2. The van der Waals surface area contributed by atoms with Gasteiger partial charge in [-0.15, -0.1) is 11.3 Å². The van der Waals surface area contributed by atoms with E-state index in [0.717, 1.165) is 33.8 Å². The monoisotopic (exact) mass is 745 g/mol. The van der Waals surface area contributed by atoms with Crippen LogP contribution in [0.15, 0.2) is 189 Å². The molecule has 11 aromatic rings. The highest BCUT2D eigenvalue weighted by molar-refractivity contribution is 7.28. The van der Waals surface area contributed by atoms with Crippen LogP contribution in [0.25, 0.3) is 108 Å². The molecule has 0 aliphatic rings. The van der Waals surface area contributed by atoms with Gasteiger partial charge < -0.3 is 4.57 Å². The Bertz CT molecular complexity index is 3470. The third-order valence-corrected chi connectivity index (χ3v) is 12.5. The lowest BCUT2D eigenvalue weighted by Crippen LogP contribution is -1.99. The van der Waals surface area contributed by atoms with Gasteiger partial charge in [0.05, 0.1) is 22.4 Å². The minimum Gasteiger partial charge on any atom is -0.309 e.